The second-order valence-corrected chi connectivity index (χ2v) is 3.21. The average molecular weight is 171 g/mol. The summed E-state index contributed by atoms with van der Waals surface area (Å²) in [4.78, 5) is 11.2. The molecule has 1 saturated heterocycles. The highest BCUT2D eigenvalue weighted by molar-refractivity contribution is 5.76. The lowest BCUT2D eigenvalue weighted by Crippen LogP contribution is -2.27. The van der Waals surface area contributed by atoms with Crippen LogP contribution in [0.1, 0.15) is 26.2 Å². The monoisotopic (exact) mass is 171 g/mol. The molecule has 0 aromatic carbocycles. The molecular weight excluding hydrogens is 154 g/mol. The van der Waals surface area contributed by atoms with E-state index in [1.807, 2.05) is 6.92 Å². The third kappa shape index (κ3) is 3.22. The Labute approximate surface area is 73.5 Å². The summed E-state index contributed by atoms with van der Waals surface area (Å²) < 4.78 is 5.21. The molecule has 1 aliphatic heterocycles. The number of ether oxygens (including phenoxy) is 1. The van der Waals surface area contributed by atoms with Gasteiger partial charge in [-0.05, 0) is 25.7 Å². The van der Waals surface area contributed by atoms with Gasteiger partial charge in [-0.25, -0.2) is 0 Å². The van der Waals surface area contributed by atoms with Crippen molar-refractivity contribution in [1.29, 1.82) is 0 Å². The van der Waals surface area contributed by atoms with E-state index in [-0.39, 0.29) is 5.91 Å². The van der Waals surface area contributed by atoms with Crippen LogP contribution < -0.4 is 5.32 Å². The fraction of sp³-hybridized carbons (Fsp3) is 0.889. The van der Waals surface area contributed by atoms with Gasteiger partial charge in [0.2, 0.25) is 5.91 Å². The van der Waals surface area contributed by atoms with Crippen LogP contribution in [0.25, 0.3) is 0 Å². The van der Waals surface area contributed by atoms with Gasteiger partial charge in [0.1, 0.15) is 0 Å². The first-order valence-electron chi connectivity index (χ1n) is 4.67. The first-order chi connectivity index (χ1) is 5.83. The maximum atomic E-state index is 11.2. The molecule has 0 unspecified atom stereocenters. The summed E-state index contributed by atoms with van der Waals surface area (Å²) in [7, 11) is 0. The van der Waals surface area contributed by atoms with Crippen LogP contribution in [0.15, 0.2) is 0 Å². The number of rotatable bonds is 3. The van der Waals surface area contributed by atoms with E-state index in [0.29, 0.717) is 12.3 Å². The third-order valence-corrected chi connectivity index (χ3v) is 2.19. The molecule has 0 aromatic rings. The fourth-order valence-electron chi connectivity index (χ4n) is 1.48. The standard InChI is InChI=1S/C9H17NO2/c1-2-10-9(11)7-8-3-5-12-6-4-8/h8H,2-7H2,1H3,(H,10,11). The zero-order valence-electron chi connectivity index (χ0n) is 7.64. The molecule has 1 amide bonds. The van der Waals surface area contributed by atoms with Crippen LogP contribution in [0.3, 0.4) is 0 Å². The Morgan fingerprint density at radius 3 is 2.75 bits per heavy atom. The average Bonchev–Trinajstić information content (AvgIpc) is 2.06. The molecule has 0 atom stereocenters. The van der Waals surface area contributed by atoms with Gasteiger partial charge >= 0.3 is 0 Å². The molecule has 3 nitrogen and oxygen atoms in total. The minimum absolute atomic E-state index is 0.185. The molecule has 0 aliphatic carbocycles. The smallest absolute Gasteiger partial charge is 0.220 e. The summed E-state index contributed by atoms with van der Waals surface area (Å²) in [6.45, 7) is 4.33. The Balaban J connectivity index is 2.15. The van der Waals surface area contributed by atoms with Crippen molar-refractivity contribution in [2.45, 2.75) is 26.2 Å². The molecule has 0 bridgehead atoms. The first kappa shape index (κ1) is 9.52. The highest BCUT2D eigenvalue weighted by Crippen LogP contribution is 2.17. The normalized spacial score (nSPS) is 19.1. The van der Waals surface area contributed by atoms with Crippen LogP contribution >= 0.6 is 0 Å². The second kappa shape index (κ2) is 5.14. The maximum Gasteiger partial charge on any atom is 0.220 e. The van der Waals surface area contributed by atoms with Gasteiger partial charge in [0.05, 0.1) is 0 Å². The van der Waals surface area contributed by atoms with Crippen molar-refractivity contribution in [3.8, 4) is 0 Å². The molecular formula is C9H17NO2. The van der Waals surface area contributed by atoms with Crippen molar-refractivity contribution in [2.24, 2.45) is 5.92 Å². The number of amides is 1. The van der Waals surface area contributed by atoms with Gasteiger partial charge in [-0.15, -0.1) is 0 Å². The van der Waals surface area contributed by atoms with Gasteiger partial charge in [0.15, 0.2) is 0 Å². The van der Waals surface area contributed by atoms with Gasteiger partial charge in [-0.3, -0.25) is 4.79 Å². The summed E-state index contributed by atoms with van der Waals surface area (Å²) in [5.41, 5.74) is 0. The minimum Gasteiger partial charge on any atom is -0.381 e. The highest BCUT2D eigenvalue weighted by atomic mass is 16.5. The molecule has 12 heavy (non-hydrogen) atoms. The lowest BCUT2D eigenvalue weighted by Gasteiger charge is -2.21. The summed E-state index contributed by atoms with van der Waals surface area (Å²) in [6, 6.07) is 0. The zero-order valence-corrected chi connectivity index (χ0v) is 7.64. The second-order valence-electron chi connectivity index (χ2n) is 3.21. The fourth-order valence-corrected chi connectivity index (χ4v) is 1.48. The van der Waals surface area contributed by atoms with Crippen LogP contribution in [0, 0.1) is 5.92 Å². The van der Waals surface area contributed by atoms with Crippen molar-refractivity contribution >= 4 is 5.91 Å². The lowest BCUT2D eigenvalue weighted by atomic mass is 9.96. The molecule has 3 heteroatoms. The summed E-state index contributed by atoms with van der Waals surface area (Å²) in [5, 5.41) is 2.81. The molecule has 1 aliphatic rings. The lowest BCUT2D eigenvalue weighted by molar-refractivity contribution is -0.122. The van der Waals surface area contributed by atoms with Crippen LogP contribution in [-0.4, -0.2) is 25.7 Å². The molecule has 0 radical (unpaired) electrons. The SMILES string of the molecule is CCNC(=O)CC1CCOCC1. The number of hydrogen-bond acceptors (Lipinski definition) is 2. The molecule has 0 saturated carbocycles. The van der Waals surface area contributed by atoms with Crippen molar-refractivity contribution < 1.29 is 9.53 Å². The Morgan fingerprint density at radius 2 is 2.17 bits per heavy atom. The number of nitrogens with one attached hydrogen (secondary N) is 1. The highest BCUT2D eigenvalue weighted by Gasteiger charge is 2.16. The summed E-state index contributed by atoms with van der Waals surface area (Å²) >= 11 is 0. The van der Waals surface area contributed by atoms with Crippen molar-refractivity contribution in [3.63, 3.8) is 0 Å². The van der Waals surface area contributed by atoms with Gasteiger partial charge in [-0.2, -0.15) is 0 Å². The third-order valence-electron chi connectivity index (χ3n) is 2.19. The van der Waals surface area contributed by atoms with Crippen molar-refractivity contribution in [3.05, 3.63) is 0 Å². The number of carbonyl (C=O) groups excluding carboxylic acids is 1. The van der Waals surface area contributed by atoms with E-state index in [0.717, 1.165) is 32.6 Å². The van der Waals surface area contributed by atoms with E-state index in [4.69, 9.17) is 4.74 Å². The van der Waals surface area contributed by atoms with Crippen molar-refractivity contribution in [1.82, 2.24) is 5.32 Å². The predicted molar refractivity (Wildman–Crippen MR) is 46.8 cm³/mol. The molecule has 1 fully saturated rings. The van der Waals surface area contributed by atoms with E-state index >= 15 is 0 Å². The number of hydrogen-bond donors (Lipinski definition) is 1. The van der Waals surface area contributed by atoms with Crippen LogP contribution in [0.5, 0.6) is 0 Å². The van der Waals surface area contributed by atoms with Gasteiger partial charge in [0, 0.05) is 26.2 Å². The molecule has 0 spiro atoms. The van der Waals surface area contributed by atoms with Crippen LogP contribution in [0.2, 0.25) is 0 Å². The van der Waals surface area contributed by atoms with Crippen molar-refractivity contribution in [2.75, 3.05) is 19.8 Å². The summed E-state index contributed by atoms with van der Waals surface area (Å²) in [6.07, 6.45) is 2.76. The Hall–Kier alpha value is -0.570. The Kier molecular flexibility index (Phi) is 4.08. The van der Waals surface area contributed by atoms with Gasteiger partial charge < -0.3 is 10.1 Å². The topological polar surface area (TPSA) is 38.3 Å². The molecule has 1 rings (SSSR count). The molecule has 1 N–H and O–H groups in total. The van der Waals surface area contributed by atoms with Gasteiger partial charge in [0.25, 0.3) is 0 Å². The first-order valence-corrected chi connectivity index (χ1v) is 4.67. The molecule has 70 valence electrons. The van der Waals surface area contributed by atoms with Crippen LogP contribution in [-0.2, 0) is 9.53 Å². The van der Waals surface area contributed by atoms with E-state index in [1.165, 1.54) is 0 Å². The van der Waals surface area contributed by atoms with E-state index in [1.54, 1.807) is 0 Å². The quantitative estimate of drug-likeness (QED) is 0.686. The zero-order chi connectivity index (χ0) is 8.81. The Morgan fingerprint density at radius 1 is 1.50 bits per heavy atom. The molecule has 0 aromatic heterocycles. The number of carbonyl (C=O) groups is 1. The van der Waals surface area contributed by atoms with Gasteiger partial charge in [-0.1, -0.05) is 0 Å². The minimum atomic E-state index is 0.185. The maximum absolute atomic E-state index is 11.2. The van der Waals surface area contributed by atoms with Crippen LogP contribution in [0.4, 0.5) is 0 Å². The van der Waals surface area contributed by atoms with E-state index in [2.05, 4.69) is 5.32 Å². The Bertz CT molecular complexity index is 141. The predicted octanol–water partition coefficient (Wildman–Crippen LogP) is 0.939. The van der Waals surface area contributed by atoms with E-state index in [9.17, 15) is 4.79 Å². The largest absolute Gasteiger partial charge is 0.381 e. The van der Waals surface area contributed by atoms with E-state index < -0.39 is 0 Å². The summed E-state index contributed by atoms with van der Waals surface area (Å²) in [5.74, 6) is 0.731. The molecule has 1 heterocycles.